The van der Waals surface area contributed by atoms with Crippen LogP contribution in [0, 0.1) is 0 Å². The second-order valence-electron chi connectivity index (χ2n) is 4.00. The molecule has 0 aliphatic heterocycles. The van der Waals surface area contributed by atoms with Crippen molar-refractivity contribution in [3.05, 3.63) is 35.2 Å². The van der Waals surface area contributed by atoms with Gasteiger partial charge in [0.25, 0.3) is 0 Å². The number of halogens is 1. The van der Waals surface area contributed by atoms with Crippen LogP contribution < -0.4 is 0 Å². The summed E-state index contributed by atoms with van der Waals surface area (Å²) in [6.45, 7) is 1.55. The number of fused-ring (bicyclic) bond motifs is 2. The molecule has 0 unspecified atom stereocenters. The van der Waals surface area contributed by atoms with Gasteiger partial charge >= 0.3 is 0 Å². The molecule has 0 aliphatic rings. The number of ketones is 1. The Morgan fingerprint density at radius 3 is 2.53 bits per heavy atom. The zero-order valence-electron chi connectivity index (χ0n) is 9.12. The van der Waals surface area contributed by atoms with Crippen LogP contribution >= 0.6 is 11.6 Å². The molecule has 86 valence electrons. The first-order valence-electron chi connectivity index (χ1n) is 5.22. The van der Waals surface area contributed by atoms with E-state index in [0.29, 0.717) is 22.6 Å². The van der Waals surface area contributed by atoms with E-state index in [-0.39, 0.29) is 5.78 Å². The first-order chi connectivity index (χ1) is 8.18. The number of carbonyl (C=O) groups is 1. The molecule has 3 nitrogen and oxygen atoms in total. The Balaban J connectivity index is 2.47. The largest absolute Gasteiger partial charge is 0.464 e. The smallest absolute Gasteiger partial charge is 0.153 e. The molecule has 2 aromatic heterocycles. The summed E-state index contributed by atoms with van der Waals surface area (Å²) in [4.78, 5) is 11.3. The first-order valence-corrected chi connectivity index (χ1v) is 5.60. The molecular formula is C13H9ClO3. The van der Waals surface area contributed by atoms with E-state index in [1.165, 1.54) is 0 Å². The number of hydrogen-bond acceptors (Lipinski definition) is 3. The van der Waals surface area contributed by atoms with Gasteiger partial charge in [-0.05, 0) is 19.1 Å². The summed E-state index contributed by atoms with van der Waals surface area (Å²) in [6, 6.07) is 3.59. The van der Waals surface area contributed by atoms with Gasteiger partial charge in [-0.3, -0.25) is 4.79 Å². The van der Waals surface area contributed by atoms with Crippen LogP contribution in [0.5, 0.6) is 0 Å². The van der Waals surface area contributed by atoms with E-state index in [0.717, 1.165) is 16.3 Å². The van der Waals surface area contributed by atoms with Gasteiger partial charge in [0.05, 0.1) is 17.5 Å². The third-order valence-corrected chi connectivity index (χ3v) is 3.17. The molecule has 0 radical (unpaired) electrons. The molecule has 0 N–H and O–H groups in total. The minimum atomic E-state index is 0.0764. The van der Waals surface area contributed by atoms with Crippen molar-refractivity contribution in [1.82, 2.24) is 0 Å². The lowest BCUT2D eigenvalue weighted by atomic mass is 10.0. The molecule has 0 bridgehead atoms. The van der Waals surface area contributed by atoms with Gasteiger partial charge in [-0.2, -0.15) is 0 Å². The molecule has 4 heteroatoms. The van der Waals surface area contributed by atoms with E-state index >= 15 is 0 Å². The summed E-state index contributed by atoms with van der Waals surface area (Å²) in [7, 11) is 0. The van der Waals surface area contributed by atoms with Gasteiger partial charge in [0.2, 0.25) is 0 Å². The highest BCUT2D eigenvalue weighted by Gasteiger charge is 2.18. The number of benzene rings is 1. The first kappa shape index (κ1) is 10.4. The molecule has 3 aromatic rings. The number of hydrogen-bond donors (Lipinski definition) is 0. The van der Waals surface area contributed by atoms with Crippen LogP contribution in [-0.2, 0) is 11.2 Å². The Hall–Kier alpha value is -1.74. The zero-order valence-corrected chi connectivity index (χ0v) is 9.88. The van der Waals surface area contributed by atoms with E-state index in [1.807, 2.05) is 0 Å². The summed E-state index contributed by atoms with van der Waals surface area (Å²) in [6.07, 6.45) is 3.45. The molecule has 0 aliphatic carbocycles. The predicted octanol–water partition coefficient (Wildman–Crippen LogP) is 3.96. The van der Waals surface area contributed by atoms with Gasteiger partial charge in [-0.25, -0.2) is 0 Å². The molecule has 1 aromatic carbocycles. The fraction of sp³-hybridized carbons (Fsp3) is 0.154. The fourth-order valence-electron chi connectivity index (χ4n) is 2.10. The van der Waals surface area contributed by atoms with Gasteiger partial charge in [0, 0.05) is 22.8 Å². The van der Waals surface area contributed by atoms with E-state index in [4.69, 9.17) is 20.4 Å². The molecule has 17 heavy (non-hydrogen) atoms. The summed E-state index contributed by atoms with van der Waals surface area (Å²) in [5, 5.41) is 2.15. The summed E-state index contributed by atoms with van der Waals surface area (Å²) in [5.74, 6) is 0.0764. The quantitative estimate of drug-likeness (QED) is 0.689. The maximum absolute atomic E-state index is 11.3. The Labute approximate surface area is 102 Å². The summed E-state index contributed by atoms with van der Waals surface area (Å²) < 4.78 is 10.8. The van der Waals surface area contributed by atoms with E-state index in [2.05, 4.69) is 0 Å². The molecule has 3 rings (SSSR count). The van der Waals surface area contributed by atoms with Crippen molar-refractivity contribution in [2.45, 2.75) is 13.3 Å². The van der Waals surface area contributed by atoms with Gasteiger partial charge < -0.3 is 8.83 Å². The Morgan fingerprint density at radius 1 is 1.18 bits per heavy atom. The van der Waals surface area contributed by atoms with E-state index < -0.39 is 0 Å². The standard InChI is InChI=1S/C13H9ClO3/c1-7(15)6-10-8-2-4-17-13(8)11(14)9-3-5-16-12(9)10/h2-5H,6H2,1H3. The molecule has 0 atom stereocenters. The molecule has 2 heterocycles. The number of furan rings is 2. The van der Waals surface area contributed by atoms with Gasteiger partial charge in [-0.1, -0.05) is 11.6 Å². The van der Waals surface area contributed by atoms with E-state index in [9.17, 15) is 4.79 Å². The third-order valence-electron chi connectivity index (χ3n) is 2.79. The van der Waals surface area contributed by atoms with Crippen molar-refractivity contribution in [3.63, 3.8) is 0 Å². The summed E-state index contributed by atoms with van der Waals surface area (Å²) in [5.41, 5.74) is 2.11. The fourth-order valence-corrected chi connectivity index (χ4v) is 2.40. The van der Waals surface area contributed by atoms with E-state index in [1.54, 1.807) is 31.6 Å². The monoisotopic (exact) mass is 248 g/mol. The van der Waals surface area contributed by atoms with Gasteiger partial charge in [0.1, 0.15) is 11.4 Å². The highest BCUT2D eigenvalue weighted by molar-refractivity contribution is 6.40. The number of rotatable bonds is 2. The number of carbonyl (C=O) groups excluding carboxylic acids is 1. The van der Waals surface area contributed by atoms with Crippen molar-refractivity contribution < 1.29 is 13.6 Å². The molecule has 0 spiro atoms. The molecule has 0 saturated carbocycles. The van der Waals surface area contributed by atoms with Crippen molar-refractivity contribution in [2.75, 3.05) is 0 Å². The highest BCUT2D eigenvalue weighted by Crippen LogP contribution is 2.37. The Kier molecular flexibility index (Phi) is 2.23. The van der Waals surface area contributed by atoms with Crippen LogP contribution in [-0.4, -0.2) is 5.78 Å². The van der Waals surface area contributed by atoms with Crippen LogP contribution in [0.2, 0.25) is 5.02 Å². The van der Waals surface area contributed by atoms with Crippen LogP contribution in [0.1, 0.15) is 12.5 Å². The second kappa shape index (κ2) is 3.64. The van der Waals surface area contributed by atoms with Crippen LogP contribution in [0.15, 0.2) is 33.5 Å². The lowest BCUT2D eigenvalue weighted by Gasteiger charge is -2.03. The lowest BCUT2D eigenvalue weighted by molar-refractivity contribution is -0.116. The van der Waals surface area contributed by atoms with Crippen LogP contribution in [0.4, 0.5) is 0 Å². The second-order valence-corrected chi connectivity index (χ2v) is 4.38. The van der Waals surface area contributed by atoms with Crippen molar-refractivity contribution in [3.8, 4) is 0 Å². The Bertz CT molecular complexity index is 669. The highest BCUT2D eigenvalue weighted by atomic mass is 35.5. The topological polar surface area (TPSA) is 43.4 Å². The van der Waals surface area contributed by atoms with Crippen LogP contribution in [0.25, 0.3) is 21.9 Å². The number of Topliss-reactive ketones (excluding diaryl/α,β-unsaturated/α-hetero) is 1. The average molecular weight is 249 g/mol. The van der Waals surface area contributed by atoms with Gasteiger partial charge in [-0.15, -0.1) is 0 Å². The average Bonchev–Trinajstić information content (AvgIpc) is 2.92. The third kappa shape index (κ3) is 1.46. The van der Waals surface area contributed by atoms with Crippen molar-refractivity contribution in [1.29, 1.82) is 0 Å². The normalized spacial score (nSPS) is 11.4. The minimum Gasteiger partial charge on any atom is -0.464 e. The molecule has 0 saturated heterocycles. The minimum absolute atomic E-state index is 0.0764. The van der Waals surface area contributed by atoms with Gasteiger partial charge in [0.15, 0.2) is 5.58 Å². The predicted molar refractivity (Wildman–Crippen MR) is 65.4 cm³/mol. The zero-order chi connectivity index (χ0) is 12.0. The SMILES string of the molecule is CC(=O)Cc1c2ccoc2c(Cl)c2ccoc12. The van der Waals surface area contributed by atoms with Crippen molar-refractivity contribution in [2.24, 2.45) is 0 Å². The lowest BCUT2D eigenvalue weighted by Crippen LogP contribution is -1.97. The van der Waals surface area contributed by atoms with Crippen LogP contribution in [0.3, 0.4) is 0 Å². The maximum Gasteiger partial charge on any atom is 0.153 e. The molecule has 0 amide bonds. The molecule has 0 fully saturated rings. The maximum atomic E-state index is 11.3. The molecular weight excluding hydrogens is 240 g/mol. The Morgan fingerprint density at radius 2 is 1.82 bits per heavy atom. The van der Waals surface area contributed by atoms with Crippen molar-refractivity contribution >= 4 is 39.3 Å². The summed E-state index contributed by atoms with van der Waals surface area (Å²) >= 11 is 6.23.